The Labute approximate surface area is 123 Å². The van der Waals surface area contributed by atoms with Crippen LogP contribution in [0, 0.1) is 6.92 Å². The van der Waals surface area contributed by atoms with Gasteiger partial charge < -0.3 is 10.8 Å². The van der Waals surface area contributed by atoms with Gasteiger partial charge in [0.1, 0.15) is 11.9 Å². The predicted molar refractivity (Wildman–Crippen MR) is 83.8 cm³/mol. The highest BCUT2D eigenvalue weighted by Crippen LogP contribution is 2.24. The number of nitrogens with two attached hydrogens (primary N) is 1. The third-order valence-electron chi connectivity index (χ3n) is 3.62. The van der Waals surface area contributed by atoms with E-state index in [1.807, 2.05) is 49.4 Å². The molecule has 0 saturated carbocycles. The Kier molecular flexibility index (Phi) is 3.54. The van der Waals surface area contributed by atoms with E-state index >= 15 is 0 Å². The summed E-state index contributed by atoms with van der Waals surface area (Å²) in [5.74, 6) is 0.453. The van der Waals surface area contributed by atoms with Crippen molar-refractivity contribution in [2.24, 2.45) is 0 Å². The molecular formula is C17H17N3O. The van der Waals surface area contributed by atoms with Gasteiger partial charge in [-0.05, 0) is 36.2 Å². The zero-order valence-corrected chi connectivity index (χ0v) is 11.8. The van der Waals surface area contributed by atoms with Crippen LogP contribution in [0.25, 0.3) is 10.9 Å². The Morgan fingerprint density at radius 3 is 2.81 bits per heavy atom. The maximum atomic E-state index is 10.4. The van der Waals surface area contributed by atoms with Crippen molar-refractivity contribution in [3.63, 3.8) is 0 Å². The van der Waals surface area contributed by atoms with Gasteiger partial charge in [0.25, 0.3) is 0 Å². The number of rotatable bonds is 3. The van der Waals surface area contributed by atoms with Gasteiger partial charge in [-0.2, -0.15) is 0 Å². The lowest BCUT2D eigenvalue weighted by molar-refractivity contribution is 0.174. The molecule has 1 unspecified atom stereocenters. The number of hydrogen-bond donors (Lipinski definition) is 2. The Balaban J connectivity index is 1.95. The molecule has 0 bridgehead atoms. The Morgan fingerprint density at radius 2 is 2.00 bits per heavy atom. The van der Waals surface area contributed by atoms with Gasteiger partial charge in [0.15, 0.2) is 0 Å². The van der Waals surface area contributed by atoms with E-state index in [0.717, 1.165) is 22.0 Å². The highest BCUT2D eigenvalue weighted by Gasteiger charge is 2.14. The van der Waals surface area contributed by atoms with Crippen LogP contribution in [0.5, 0.6) is 0 Å². The number of anilines is 1. The first-order valence-corrected chi connectivity index (χ1v) is 6.89. The summed E-state index contributed by atoms with van der Waals surface area (Å²) < 4.78 is 0. The Hall–Kier alpha value is -2.46. The molecular weight excluding hydrogens is 262 g/mol. The largest absolute Gasteiger partial charge is 0.386 e. The Bertz CT molecular complexity index is 786. The summed E-state index contributed by atoms with van der Waals surface area (Å²) in [5.41, 5.74) is 9.32. The molecule has 3 N–H and O–H groups in total. The van der Waals surface area contributed by atoms with Crippen molar-refractivity contribution in [2.45, 2.75) is 19.4 Å². The van der Waals surface area contributed by atoms with E-state index in [1.54, 1.807) is 6.20 Å². The first kappa shape index (κ1) is 13.5. The van der Waals surface area contributed by atoms with E-state index in [2.05, 4.69) is 9.97 Å². The quantitative estimate of drug-likeness (QED) is 0.773. The maximum absolute atomic E-state index is 10.4. The fourth-order valence-electron chi connectivity index (χ4n) is 2.48. The van der Waals surface area contributed by atoms with Gasteiger partial charge in [-0.3, -0.25) is 4.98 Å². The number of pyridine rings is 2. The number of fused-ring (bicyclic) bond motifs is 1. The first-order chi connectivity index (χ1) is 10.1. The van der Waals surface area contributed by atoms with Crippen LogP contribution in [-0.4, -0.2) is 15.1 Å². The minimum Gasteiger partial charge on any atom is -0.386 e. The topological polar surface area (TPSA) is 72.0 Å². The average Bonchev–Trinajstić information content (AvgIpc) is 2.49. The van der Waals surface area contributed by atoms with Gasteiger partial charge >= 0.3 is 0 Å². The molecule has 3 aromatic rings. The molecule has 0 aliphatic carbocycles. The van der Waals surface area contributed by atoms with E-state index < -0.39 is 6.10 Å². The average molecular weight is 279 g/mol. The molecule has 0 aliphatic rings. The summed E-state index contributed by atoms with van der Waals surface area (Å²) in [6, 6.07) is 13.5. The summed E-state index contributed by atoms with van der Waals surface area (Å²) in [5, 5.41) is 11.5. The minimum absolute atomic E-state index is 0.407. The third kappa shape index (κ3) is 2.71. The fraction of sp³-hybridized carbons (Fsp3) is 0.176. The smallest absolute Gasteiger partial charge is 0.126 e. The predicted octanol–water partition coefficient (Wildman–Crippen LogP) is 2.80. The fourth-order valence-corrected chi connectivity index (χ4v) is 2.48. The monoisotopic (exact) mass is 279 g/mol. The van der Waals surface area contributed by atoms with E-state index in [9.17, 15) is 5.11 Å². The van der Waals surface area contributed by atoms with Crippen LogP contribution < -0.4 is 5.73 Å². The highest BCUT2D eigenvalue weighted by molar-refractivity contribution is 5.82. The zero-order chi connectivity index (χ0) is 14.8. The second kappa shape index (κ2) is 5.50. The molecule has 0 aliphatic heterocycles. The molecule has 106 valence electrons. The van der Waals surface area contributed by atoms with E-state index in [-0.39, 0.29) is 0 Å². The molecule has 2 aromatic heterocycles. The van der Waals surface area contributed by atoms with Crippen LogP contribution in [0.1, 0.15) is 22.9 Å². The summed E-state index contributed by atoms with van der Waals surface area (Å²) in [6.45, 7) is 2.03. The SMILES string of the molecule is Cc1cc(C(O)Cc2cccnc2N)nc2ccccc12. The molecule has 21 heavy (non-hydrogen) atoms. The molecule has 1 aromatic carbocycles. The van der Waals surface area contributed by atoms with Gasteiger partial charge in [0.2, 0.25) is 0 Å². The third-order valence-corrected chi connectivity index (χ3v) is 3.62. The van der Waals surface area contributed by atoms with Crippen molar-refractivity contribution in [2.75, 3.05) is 5.73 Å². The first-order valence-electron chi connectivity index (χ1n) is 6.89. The lowest BCUT2D eigenvalue weighted by Crippen LogP contribution is -2.07. The van der Waals surface area contributed by atoms with E-state index in [0.29, 0.717) is 17.9 Å². The maximum Gasteiger partial charge on any atom is 0.126 e. The van der Waals surface area contributed by atoms with Gasteiger partial charge in [0, 0.05) is 18.0 Å². The Morgan fingerprint density at radius 1 is 1.19 bits per heavy atom. The second-order valence-electron chi connectivity index (χ2n) is 5.15. The molecule has 4 nitrogen and oxygen atoms in total. The zero-order valence-electron chi connectivity index (χ0n) is 11.8. The van der Waals surface area contributed by atoms with E-state index in [4.69, 9.17) is 5.73 Å². The number of hydrogen-bond acceptors (Lipinski definition) is 4. The van der Waals surface area contributed by atoms with Crippen molar-refractivity contribution in [3.05, 3.63) is 65.5 Å². The number of aromatic nitrogens is 2. The van der Waals surface area contributed by atoms with Crippen molar-refractivity contribution in [1.29, 1.82) is 0 Å². The van der Waals surface area contributed by atoms with Crippen LogP contribution in [-0.2, 0) is 6.42 Å². The molecule has 0 radical (unpaired) electrons. The lowest BCUT2D eigenvalue weighted by Gasteiger charge is -2.13. The molecule has 0 fully saturated rings. The number of benzene rings is 1. The minimum atomic E-state index is -0.695. The second-order valence-corrected chi connectivity index (χ2v) is 5.15. The number of nitrogens with zero attached hydrogens (tertiary/aromatic N) is 2. The summed E-state index contributed by atoms with van der Waals surface area (Å²) in [6.07, 6.45) is 1.36. The molecule has 0 amide bonds. The number of para-hydroxylation sites is 1. The standard InChI is InChI=1S/C17H17N3O/c1-11-9-15(20-14-7-3-2-6-13(11)14)16(21)10-12-5-4-8-19-17(12)18/h2-9,16,21H,10H2,1H3,(H2,18,19). The molecule has 2 heterocycles. The lowest BCUT2D eigenvalue weighted by atomic mass is 10.0. The van der Waals surface area contributed by atoms with Gasteiger partial charge in [-0.25, -0.2) is 4.98 Å². The summed E-state index contributed by atoms with van der Waals surface area (Å²) in [7, 11) is 0. The highest BCUT2D eigenvalue weighted by atomic mass is 16.3. The van der Waals surface area contributed by atoms with Crippen molar-refractivity contribution in [3.8, 4) is 0 Å². The molecule has 3 rings (SSSR count). The van der Waals surface area contributed by atoms with Crippen molar-refractivity contribution < 1.29 is 5.11 Å². The van der Waals surface area contributed by atoms with Crippen LogP contribution in [0.3, 0.4) is 0 Å². The molecule has 1 atom stereocenters. The number of aryl methyl sites for hydroxylation is 1. The number of aliphatic hydroxyl groups excluding tert-OH is 1. The summed E-state index contributed by atoms with van der Waals surface area (Å²) in [4.78, 5) is 8.59. The van der Waals surface area contributed by atoms with Crippen LogP contribution in [0.15, 0.2) is 48.7 Å². The van der Waals surface area contributed by atoms with Crippen LogP contribution in [0.4, 0.5) is 5.82 Å². The van der Waals surface area contributed by atoms with Crippen molar-refractivity contribution in [1.82, 2.24) is 9.97 Å². The molecule has 0 spiro atoms. The summed E-state index contributed by atoms with van der Waals surface area (Å²) >= 11 is 0. The molecule has 4 heteroatoms. The van der Waals surface area contributed by atoms with E-state index in [1.165, 1.54) is 0 Å². The normalized spacial score (nSPS) is 12.5. The van der Waals surface area contributed by atoms with Crippen LogP contribution in [0.2, 0.25) is 0 Å². The molecule has 0 saturated heterocycles. The van der Waals surface area contributed by atoms with Gasteiger partial charge in [-0.1, -0.05) is 24.3 Å². The van der Waals surface area contributed by atoms with Gasteiger partial charge in [0.05, 0.1) is 11.2 Å². The number of aliphatic hydroxyl groups is 1. The number of nitrogen functional groups attached to an aromatic ring is 1. The van der Waals surface area contributed by atoms with Crippen molar-refractivity contribution >= 4 is 16.7 Å². The van der Waals surface area contributed by atoms with Crippen LogP contribution >= 0.6 is 0 Å². The van der Waals surface area contributed by atoms with Gasteiger partial charge in [-0.15, -0.1) is 0 Å².